The average molecular weight is 416 g/mol. The molecule has 0 bridgehead atoms. The summed E-state index contributed by atoms with van der Waals surface area (Å²) in [7, 11) is 0. The molecule has 0 amide bonds. The molecule has 0 heterocycles. The van der Waals surface area contributed by atoms with Crippen LogP contribution in [0.2, 0.25) is 0 Å². The maximum atomic E-state index is 13.1. The first kappa shape index (κ1) is 18.6. The van der Waals surface area contributed by atoms with Gasteiger partial charge in [0.05, 0.1) is 0 Å². The normalized spacial score (nSPS) is 16.1. The van der Waals surface area contributed by atoms with Crippen molar-refractivity contribution < 1.29 is 19.2 Å². The van der Waals surface area contributed by atoms with Crippen molar-refractivity contribution in [3.63, 3.8) is 0 Å². The van der Waals surface area contributed by atoms with E-state index >= 15 is 0 Å². The van der Waals surface area contributed by atoms with E-state index in [0.717, 1.165) is 0 Å². The zero-order valence-electron chi connectivity index (χ0n) is 16.9. The van der Waals surface area contributed by atoms with Gasteiger partial charge in [-0.05, 0) is 21.9 Å². The first-order valence-corrected chi connectivity index (χ1v) is 10.4. The lowest BCUT2D eigenvalue weighted by Gasteiger charge is -2.17. The van der Waals surface area contributed by atoms with Crippen molar-refractivity contribution in [1.29, 1.82) is 0 Å². The van der Waals surface area contributed by atoms with Gasteiger partial charge in [-0.3, -0.25) is 19.2 Å². The summed E-state index contributed by atoms with van der Waals surface area (Å²) in [6.07, 6.45) is 0. The van der Waals surface area contributed by atoms with E-state index < -0.39 is 11.8 Å². The summed E-state index contributed by atoms with van der Waals surface area (Å²) in [6.45, 7) is 0. The number of benzene rings is 4. The van der Waals surface area contributed by atoms with Gasteiger partial charge in [0.2, 0.25) is 0 Å². The lowest BCUT2D eigenvalue weighted by Crippen LogP contribution is -2.16. The molecule has 0 aliphatic heterocycles. The first-order valence-electron chi connectivity index (χ1n) is 10.4. The van der Waals surface area contributed by atoms with Gasteiger partial charge in [-0.2, -0.15) is 0 Å². The molecule has 152 valence electrons. The number of rotatable bonds is 2. The highest BCUT2D eigenvalue weighted by Crippen LogP contribution is 2.41. The molecule has 0 spiro atoms. The molecule has 6 rings (SSSR count). The molecule has 0 unspecified atom stereocenters. The van der Waals surface area contributed by atoms with Crippen LogP contribution in [-0.4, -0.2) is 23.1 Å². The van der Waals surface area contributed by atoms with Gasteiger partial charge in [-0.1, -0.05) is 84.9 Å². The van der Waals surface area contributed by atoms with Crippen LogP contribution in [-0.2, 0) is 0 Å². The van der Waals surface area contributed by atoms with Crippen LogP contribution in [0.3, 0.4) is 0 Å². The number of hydrogen-bond acceptors (Lipinski definition) is 4. The minimum atomic E-state index is -0.918. The zero-order chi connectivity index (χ0) is 22.0. The standard InChI is InChI=1S/C28H16O4/c29-25-19-9-3-4-10-20(19)26(30)23(25)17-13-14-18(16-8-2-1-7-15(16)17)24-27(31)21-11-5-6-12-22(21)28(24)32/h1-14,23-24H. The fourth-order valence-corrected chi connectivity index (χ4v) is 5.10. The van der Waals surface area contributed by atoms with Gasteiger partial charge < -0.3 is 0 Å². The summed E-state index contributed by atoms with van der Waals surface area (Å²) in [5.41, 5.74) is 2.95. The Morgan fingerprint density at radius 3 is 0.969 bits per heavy atom. The second-order valence-electron chi connectivity index (χ2n) is 8.20. The molecule has 4 aromatic carbocycles. The van der Waals surface area contributed by atoms with Crippen LogP contribution in [0.25, 0.3) is 10.8 Å². The van der Waals surface area contributed by atoms with E-state index in [9.17, 15) is 19.2 Å². The lowest BCUT2D eigenvalue weighted by atomic mass is 9.84. The highest BCUT2D eigenvalue weighted by Gasteiger charge is 2.42. The monoisotopic (exact) mass is 416 g/mol. The van der Waals surface area contributed by atoms with Crippen LogP contribution in [0.15, 0.2) is 84.9 Å². The number of Topliss-reactive ketones (excluding diaryl/α,β-unsaturated/α-hetero) is 4. The molecule has 0 fully saturated rings. The van der Waals surface area contributed by atoms with E-state index in [1.807, 2.05) is 24.3 Å². The number of fused-ring (bicyclic) bond motifs is 3. The van der Waals surface area contributed by atoms with Gasteiger partial charge >= 0.3 is 0 Å². The molecular weight excluding hydrogens is 400 g/mol. The van der Waals surface area contributed by atoms with Crippen LogP contribution in [0.5, 0.6) is 0 Å². The summed E-state index contributed by atoms with van der Waals surface area (Å²) >= 11 is 0. The third-order valence-corrected chi connectivity index (χ3v) is 6.58. The van der Waals surface area contributed by atoms with Crippen molar-refractivity contribution in [3.8, 4) is 0 Å². The van der Waals surface area contributed by atoms with Gasteiger partial charge in [-0.25, -0.2) is 0 Å². The molecule has 0 saturated heterocycles. The minimum Gasteiger partial charge on any atom is -0.293 e. The van der Waals surface area contributed by atoms with E-state index in [-0.39, 0.29) is 23.1 Å². The van der Waals surface area contributed by atoms with E-state index in [1.165, 1.54) is 0 Å². The topological polar surface area (TPSA) is 68.3 Å². The van der Waals surface area contributed by atoms with Crippen LogP contribution < -0.4 is 0 Å². The van der Waals surface area contributed by atoms with Gasteiger partial charge in [0.25, 0.3) is 0 Å². The Bertz CT molecular complexity index is 1330. The third kappa shape index (κ3) is 2.38. The van der Waals surface area contributed by atoms with Crippen LogP contribution >= 0.6 is 0 Å². The van der Waals surface area contributed by atoms with E-state index in [2.05, 4.69) is 0 Å². The number of carbonyl (C=O) groups is 4. The Hall–Kier alpha value is -4.18. The maximum Gasteiger partial charge on any atom is 0.178 e. The van der Waals surface area contributed by atoms with Crippen molar-refractivity contribution in [2.24, 2.45) is 0 Å². The lowest BCUT2D eigenvalue weighted by molar-refractivity contribution is 0.0873. The molecule has 4 heteroatoms. The molecule has 0 aromatic heterocycles. The molecule has 4 nitrogen and oxygen atoms in total. The quantitative estimate of drug-likeness (QED) is 0.423. The van der Waals surface area contributed by atoms with Gasteiger partial charge in [-0.15, -0.1) is 0 Å². The minimum absolute atomic E-state index is 0.219. The van der Waals surface area contributed by atoms with Crippen molar-refractivity contribution >= 4 is 33.9 Å². The highest BCUT2D eigenvalue weighted by molar-refractivity contribution is 6.32. The smallest absolute Gasteiger partial charge is 0.178 e. The maximum absolute atomic E-state index is 13.1. The average Bonchev–Trinajstić information content (AvgIpc) is 3.23. The summed E-state index contributed by atoms with van der Waals surface area (Å²) in [4.78, 5) is 52.5. The molecule has 2 aliphatic rings. The Balaban J connectivity index is 1.53. The van der Waals surface area contributed by atoms with E-state index in [0.29, 0.717) is 44.2 Å². The summed E-state index contributed by atoms with van der Waals surface area (Å²) in [5.74, 6) is -2.71. The highest BCUT2D eigenvalue weighted by atomic mass is 16.2. The summed E-state index contributed by atoms with van der Waals surface area (Å²) in [6, 6.07) is 24.5. The zero-order valence-corrected chi connectivity index (χ0v) is 16.9. The Morgan fingerprint density at radius 2 is 0.656 bits per heavy atom. The van der Waals surface area contributed by atoms with Crippen molar-refractivity contribution in [2.45, 2.75) is 11.8 Å². The van der Waals surface area contributed by atoms with Crippen molar-refractivity contribution in [3.05, 3.63) is 118 Å². The van der Waals surface area contributed by atoms with Crippen molar-refractivity contribution in [2.75, 3.05) is 0 Å². The molecule has 4 aromatic rings. The Morgan fingerprint density at radius 1 is 0.375 bits per heavy atom. The second kappa shape index (κ2) is 6.66. The molecular formula is C28H16O4. The number of ketones is 4. The number of hydrogen-bond donors (Lipinski definition) is 0. The Kier molecular flexibility index (Phi) is 3.87. The molecule has 0 radical (unpaired) electrons. The van der Waals surface area contributed by atoms with E-state index in [4.69, 9.17) is 0 Å². The predicted molar refractivity (Wildman–Crippen MR) is 120 cm³/mol. The predicted octanol–water partition coefficient (Wildman–Crippen LogP) is 5.17. The Labute approximate surface area is 183 Å². The van der Waals surface area contributed by atoms with Crippen LogP contribution in [0.1, 0.15) is 64.4 Å². The van der Waals surface area contributed by atoms with Gasteiger partial charge in [0.1, 0.15) is 11.8 Å². The molecule has 0 atom stereocenters. The van der Waals surface area contributed by atoms with Crippen LogP contribution in [0, 0.1) is 0 Å². The van der Waals surface area contributed by atoms with Crippen molar-refractivity contribution in [1.82, 2.24) is 0 Å². The molecule has 32 heavy (non-hydrogen) atoms. The summed E-state index contributed by atoms with van der Waals surface area (Å²) in [5, 5.41) is 1.42. The number of carbonyl (C=O) groups excluding carboxylic acids is 4. The summed E-state index contributed by atoms with van der Waals surface area (Å²) < 4.78 is 0. The fraction of sp³-hybridized carbons (Fsp3) is 0.0714. The third-order valence-electron chi connectivity index (χ3n) is 6.58. The van der Waals surface area contributed by atoms with E-state index in [1.54, 1.807) is 60.7 Å². The second-order valence-corrected chi connectivity index (χ2v) is 8.20. The fourth-order valence-electron chi connectivity index (χ4n) is 5.10. The van der Waals surface area contributed by atoms with Crippen LogP contribution in [0.4, 0.5) is 0 Å². The van der Waals surface area contributed by atoms with Gasteiger partial charge in [0, 0.05) is 22.3 Å². The SMILES string of the molecule is O=C1c2ccccc2C(=O)C1c1ccc(C2C(=O)c3ccccc3C2=O)c2ccccc12. The molecule has 0 N–H and O–H groups in total. The largest absolute Gasteiger partial charge is 0.293 e. The molecule has 2 aliphatic carbocycles. The van der Waals surface area contributed by atoms with Gasteiger partial charge in [0.15, 0.2) is 23.1 Å². The first-order chi connectivity index (χ1) is 15.6. The molecule has 0 saturated carbocycles.